The largest absolute Gasteiger partial charge is 0.477 e. The van der Waals surface area contributed by atoms with Crippen LogP contribution in [0.5, 0.6) is 0 Å². The van der Waals surface area contributed by atoms with Crippen molar-refractivity contribution < 1.29 is 14.4 Å². The molecule has 0 saturated carbocycles. The minimum atomic E-state index is -1.15. The van der Waals surface area contributed by atoms with Crippen LogP contribution >= 0.6 is 11.6 Å². The minimum Gasteiger partial charge on any atom is -0.477 e. The summed E-state index contributed by atoms with van der Waals surface area (Å²) < 4.78 is 4.88. The first kappa shape index (κ1) is 9.73. The van der Waals surface area contributed by atoms with Crippen LogP contribution in [0, 0.1) is 0 Å². The van der Waals surface area contributed by atoms with Gasteiger partial charge in [-0.1, -0.05) is 47.1 Å². The smallest absolute Gasteiger partial charge is 0.342 e. The number of halogens is 1. The van der Waals surface area contributed by atoms with E-state index in [2.05, 4.69) is 5.16 Å². The van der Waals surface area contributed by atoms with Gasteiger partial charge in [-0.25, -0.2) is 4.79 Å². The van der Waals surface area contributed by atoms with Crippen LogP contribution in [0.2, 0.25) is 5.15 Å². The van der Waals surface area contributed by atoms with Gasteiger partial charge in [0.25, 0.3) is 0 Å². The summed E-state index contributed by atoms with van der Waals surface area (Å²) in [7, 11) is 0. The van der Waals surface area contributed by atoms with Gasteiger partial charge in [-0.2, -0.15) is 0 Å². The van der Waals surface area contributed by atoms with E-state index in [4.69, 9.17) is 21.2 Å². The number of aromatic nitrogens is 1. The Bertz CT molecular complexity index is 493. The topological polar surface area (TPSA) is 63.3 Å². The third-order valence-electron chi connectivity index (χ3n) is 1.90. The molecule has 0 radical (unpaired) electrons. The van der Waals surface area contributed by atoms with Crippen molar-refractivity contribution in [2.75, 3.05) is 0 Å². The van der Waals surface area contributed by atoms with Gasteiger partial charge in [0, 0.05) is 5.56 Å². The van der Waals surface area contributed by atoms with Crippen molar-refractivity contribution in [2.24, 2.45) is 0 Å². The van der Waals surface area contributed by atoms with Gasteiger partial charge in [-0.15, -0.1) is 0 Å². The van der Waals surface area contributed by atoms with Crippen molar-refractivity contribution in [2.45, 2.75) is 0 Å². The zero-order valence-electron chi connectivity index (χ0n) is 7.48. The molecule has 0 aliphatic heterocycles. The van der Waals surface area contributed by atoms with Crippen molar-refractivity contribution in [1.29, 1.82) is 0 Å². The van der Waals surface area contributed by atoms with Gasteiger partial charge in [0.15, 0.2) is 10.9 Å². The molecular weight excluding hydrogens is 218 g/mol. The fourth-order valence-electron chi connectivity index (χ4n) is 1.24. The summed E-state index contributed by atoms with van der Waals surface area (Å²) in [6, 6.07) is 8.82. The number of benzene rings is 1. The maximum absolute atomic E-state index is 10.9. The molecule has 0 unspecified atom stereocenters. The predicted octanol–water partition coefficient (Wildman–Crippen LogP) is 2.69. The molecule has 0 spiro atoms. The van der Waals surface area contributed by atoms with Gasteiger partial charge in [0.2, 0.25) is 0 Å². The van der Waals surface area contributed by atoms with E-state index < -0.39 is 5.97 Å². The Morgan fingerprint density at radius 1 is 1.33 bits per heavy atom. The molecule has 1 aromatic carbocycles. The molecule has 15 heavy (non-hydrogen) atoms. The van der Waals surface area contributed by atoms with E-state index in [0.717, 1.165) is 0 Å². The monoisotopic (exact) mass is 223 g/mol. The van der Waals surface area contributed by atoms with Gasteiger partial charge in [-0.05, 0) is 0 Å². The highest BCUT2D eigenvalue weighted by molar-refractivity contribution is 6.32. The fraction of sp³-hybridized carbons (Fsp3) is 0. The van der Waals surface area contributed by atoms with E-state index in [-0.39, 0.29) is 16.5 Å². The SMILES string of the molecule is O=C(O)c1c(Cl)noc1-c1ccccc1. The maximum atomic E-state index is 10.9. The van der Waals surface area contributed by atoms with E-state index in [1.165, 1.54) is 0 Å². The Labute approximate surface area is 90.1 Å². The quantitative estimate of drug-likeness (QED) is 0.850. The van der Waals surface area contributed by atoms with Crippen molar-refractivity contribution in [3.63, 3.8) is 0 Å². The van der Waals surface area contributed by atoms with E-state index >= 15 is 0 Å². The molecule has 0 bridgehead atoms. The molecule has 2 rings (SSSR count). The third-order valence-corrected chi connectivity index (χ3v) is 2.16. The minimum absolute atomic E-state index is 0.108. The molecule has 0 aliphatic rings. The highest BCUT2D eigenvalue weighted by atomic mass is 35.5. The molecule has 76 valence electrons. The lowest BCUT2D eigenvalue weighted by atomic mass is 10.1. The molecule has 0 amide bonds. The number of carbonyl (C=O) groups is 1. The second kappa shape index (κ2) is 3.74. The zero-order chi connectivity index (χ0) is 10.8. The Kier molecular flexibility index (Phi) is 2.43. The molecule has 0 atom stereocenters. The summed E-state index contributed by atoms with van der Waals surface area (Å²) in [5.74, 6) is -0.979. The number of carboxylic acids is 1. The van der Waals surface area contributed by atoms with Crippen molar-refractivity contribution in [3.8, 4) is 11.3 Å². The predicted molar refractivity (Wildman–Crippen MR) is 53.9 cm³/mol. The van der Waals surface area contributed by atoms with E-state index in [1.807, 2.05) is 6.07 Å². The number of hydrogen-bond donors (Lipinski definition) is 1. The highest BCUT2D eigenvalue weighted by Gasteiger charge is 2.21. The average Bonchev–Trinajstić information content (AvgIpc) is 2.61. The van der Waals surface area contributed by atoms with Gasteiger partial charge in [0.1, 0.15) is 5.56 Å². The summed E-state index contributed by atoms with van der Waals surface area (Å²) in [5.41, 5.74) is 0.525. The maximum Gasteiger partial charge on any atom is 0.342 e. The number of hydrogen-bond acceptors (Lipinski definition) is 3. The highest BCUT2D eigenvalue weighted by Crippen LogP contribution is 2.28. The molecule has 1 heterocycles. The van der Waals surface area contributed by atoms with Crippen LogP contribution in [0.3, 0.4) is 0 Å². The molecule has 4 nitrogen and oxygen atoms in total. The van der Waals surface area contributed by atoms with Crippen LogP contribution in [0.4, 0.5) is 0 Å². The average molecular weight is 224 g/mol. The Hall–Kier alpha value is -1.81. The Balaban J connectivity index is 2.59. The molecule has 1 N–H and O–H groups in total. The third kappa shape index (κ3) is 1.71. The van der Waals surface area contributed by atoms with E-state index in [1.54, 1.807) is 24.3 Å². The van der Waals surface area contributed by atoms with Crippen molar-refractivity contribution in [3.05, 3.63) is 41.0 Å². The van der Waals surface area contributed by atoms with Crippen LogP contribution in [-0.2, 0) is 0 Å². The number of aromatic carboxylic acids is 1. The van der Waals surface area contributed by atoms with Crippen molar-refractivity contribution in [1.82, 2.24) is 5.16 Å². The summed E-state index contributed by atoms with van der Waals surface area (Å²) in [6.07, 6.45) is 0. The normalized spacial score (nSPS) is 10.2. The summed E-state index contributed by atoms with van der Waals surface area (Å²) in [4.78, 5) is 10.9. The first-order valence-electron chi connectivity index (χ1n) is 4.14. The summed E-state index contributed by atoms with van der Waals surface area (Å²) >= 11 is 5.60. The lowest BCUT2D eigenvalue weighted by Crippen LogP contribution is -1.97. The molecule has 5 heteroatoms. The van der Waals surface area contributed by atoms with Crippen LogP contribution < -0.4 is 0 Å². The molecular formula is C10H6ClNO3. The van der Waals surface area contributed by atoms with E-state index in [9.17, 15) is 4.79 Å². The number of nitrogens with zero attached hydrogens (tertiary/aromatic N) is 1. The number of rotatable bonds is 2. The van der Waals surface area contributed by atoms with Crippen molar-refractivity contribution >= 4 is 17.6 Å². The molecule has 0 fully saturated rings. The molecule has 0 saturated heterocycles. The van der Waals surface area contributed by atoms with Crippen LogP contribution in [0.15, 0.2) is 34.9 Å². The molecule has 1 aromatic heterocycles. The van der Waals surface area contributed by atoms with Crippen LogP contribution in [0.25, 0.3) is 11.3 Å². The summed E-state index contributed by atoms with van der Waals surface area (Å²) in [5, 5.41) is 12.2. The van der Waals surface area contributed by atoms with Gasteiger partial charge in [-0.3, -0.25) is 0 Å². The Morgan fingerprint density at radius 3 is 2.60 bits per heavy atom. The first-order valence-corrected chi connectivity index (χ1v) is 4.52. The standard InChI is InChI=1S/C10H6ClNO3/c11-9-7(10(13)14)8(15-12-9)6-4-2-1-3-5-6/h1-5H,(H,13,14). The lowest BCUT2D eigenvalue weighted by Gasteiger charge is -1.96. The molecule has 2 aromatic rings. The van der Waals surface area contributed by atoms with Gasteiger partial charge >= 0.3 is 5.97 Å². The second-order valence-electron chi connectivity index (χ2n) is 2.85. The van der Waals surface area contributed by atoms with Crippen LogP contribution in [-0.4, -0.2) is 16.2 Å². The van der Waals surface area contributed by atoms with Gasteiger partial charge in [0.05, 0.1) is 0 Å². The molecule has 0 aliphatic carbocycles. The number of carboxylic acid groups (broad SMARTS) is 1. The first-order chi connectivity index (χ1) is 7.20. The van der Waals surface area contributed by atoms with Crippen LogP contribution in [0.1, 0.15) is 10.4 Å². The fourth-order valence-corrected chi connectivity index (χ4v) is 1.44. The Morgan fingerprint density at radius 2 is 2.00 bits per heavy atom. The lowest BCUT2D eigenvalue weighted by molar-refractivity contribution is 0.0697. The van der Waals surface area contributed by atoms with E-state index in [0.29, 0.717) is 5.56 Å². The second-order valence-corrected chi connectivity index (χ2v) is 3.21. The summed E-state index contributed by atoms with van der Waals surface area (Å²) in [6.45, 7) is 0. The zero-order valence-corrected chi connectivity index (χ0v) is 8.23. The van der Waals surface area contributed by atoms with Gasteiger partial charge < -0.3 is 9.63 Å².